The molecule has 102 valence electrons. The molecule has 0 aromatic heterocycles. The highest BCUT2D eigenvalue weighted by molar-refractivity contribution is 4.83. The molecule has 1 unspecified atom stereocenters. The fourth-order valence-electron chi connectivity index (χ4n) is 2.73. The molecule has 1 saturated carbocycles. The van der Waals surface area contributed by atoms with Gasteiger partial charge in [0.25, 0.3) is 0 Å². The highest BCUT2D eigenvalue weighted by atomic mass is 16.5. The first-order valence-corrected chi connectivity index (χ1v) is 7.37. The maximum absolute atomic E-state index is 5.63. The maximum Gasteiger partial charge on any atom is 0.0580 e. The van der Waals surface area contributed by atoms with E-state index < -0.39 is 0 Å². The number of hydrazine groups is 1. The first-order chi connectivity index (χ1) is 8.30. The van der Waals surface area contributed by atoms with Crippen LogP contribution in [0.2, 0.25) is 0 Å². The number of hydrogen-bond acceptors (Lipinski definition) is 3. The van der Waals surface area contributed by atoms with Gasteiger partial charge in [0.2, 0.25) is 0 Å². The van der Waals surface area contributed by atoms with Crippen LogP contribution in [0.15, 0.2) is 0 Å². The van der Waals surface area contributed by atoms with Gasteiger partial charge in [0.1, 0.15) is 0 Å². The van der Waals surface area contributed by atoms with E-state index in [2.05, 4.69) is 19.3 Å². The Hall–Kier alpha value is -0.120. The molecule has 1 aliphatic carbocycles. The molecule has 1 atom stereocenters. The van der Waals surface area contributed by atoms with E-state index in [1.165, 1.54) is 51.4 Å². The molecule has 3 nitrogen and oxygen atoms in total. The molecule has 0 bridgehead atoms. The van der Waals surface area contributed by atoms with Crippen LogP contribution in [0.1, 0.15) is 65.2 Å². The van der Waals surface area contributed by atoms with Crippen LogP contribution in [0.5, 0.6) is 0 Å². The number of ether oxygens (including phenoxy) is 1. The van der Waals surface area contributed by atoms with Crippen molar-refractivity contribution >= 4 is 0 Å². The van der Waals surface area contributed by atoms with E-state index >= 15 is 0 Å². The summed E-state index contributed by atoms with van der Waals surface area (Å²) in [5, 5.41) is 0. The predicted molar refractivity (Wildman–Crippen MR) is 72.6 cm³/mol. The molecule has 0 aromatic carbocycles. The van der Waals surface area contributed by atoms with Crippen LogP contribution in [-0.4, -0.2) is 18.8 Å². The lowest BCUT2D eigenvalue weighted by molar-refractivity contribution is -0.0293. The third-order valence-corrected chi connectivity index (χ3v) is 3.85. The minimum absolute atomic E-state index is 0.513. The van der Waals surface area contributed by atoms with Crippen LogP contribution in [0.3, 0.4) is 0 Å². The SMILES string of the molecule is CCCCCCC(CC1CC(OCC)C1)NN. The minimum atomic E-state index is 0.513. The lowest BCUT2D eigenvalue weighted by atomic mass is 9.77. The molecule has 1 fully saturated rings. The summed E-state index contributed by atoms with van der Waals surface area (Å²) in [6.07, 6.45) is 10.8. The fraction of sp³-hybridized carbons (Fsp3) is 1.00. The van der Waals surface area contributed by atoms with Gasteiger partial charge in [-0.1, -0.05) is 32.6 Å². The van der Waals surface area contributed by atoms with Gasteiger partial charge in [0.05, 0.1) is 6.10 Å². The Bertz CT molecular complexity index is 181. The lowest BCUT2D eigenvalue weighted by Gasteiger charge is -2.37. The van der Waals surface area contributed by atoms with Gasteiger partial charge < -0.3 is 4.74 Å². The molecule has 3 heteroatoms. The summed E-state index contributed by atoms with van der Waals surface area (Å²) < 4.78 is 5.58. The number of rotatable bonds is 10. The molecule has 0 amide bonds. The average Bonchev–Trinajstić information content (AvgIpc) is 2.29. The molecule has 0 aliphatic heterocycles. The van der Waals surface area contributed by atoms with Gasteiger partial charge in [-0.25, -0.2) is 0 Å². The largest absolute Gasteiger partial charge is 0.378 e. The van der Waals surface area contributed by atoms with E-state index in [1.807, 2.05) is 0 Å². The Morgan fingerprint density at radius 2 is 2.00 bits per heavy atom. The monoisotopic (exact) mass is 242 g/mol. The van der Waals surface area contributed by atoms with E-state index in [0.717, 1.165) is 12.5 Å². The standard InChI is InChI=1S/C14H30N2O/c1-3-5-6-7-8-13(16-15)9-12-10-14(11-12)17-4-2/h12-14,16H,3-11,15H2,1-2H3. The Morgan fingerprint density at radius 3 is 2.59 bits per heavy atom. The Balaban J connectivity index is 2.03. The van der Waals surface area contributed by atoms with Gasteiger partial charge in [-0.05, 0) is 38.5 Å². The number of unbranched alkanes of at least 4 members (excludes halogenated alkanes) is 3. The smallest absolute Gasteiger partial charge is 0.0580 e. The summed E-state index contributed by atoms with van der Waals surface area (Å²) in [4.78, 5) is 0. The number of hydrogen-bond donors (Lipinski definition) is 2. The zero-order valence-electron chi connectivity index (χ0n) is 11.6. The van der Waals surface area contributed by atoms with E-state index in [4.69, 9.17) is 10.6 Å². The third-order valence-electron chi connectivity index (χ3n) is 3.85. The molecular weight excluding hydrogens is 212 g/mol. The minimum Gasteiger partial charge on any atom is -0.378 e. The second-order valence-electron chi connectivity index (χ2n) is 5.36. The van der Waals surface area contributed by atoms with Crippen molar-refractivity contribution in [1.82, 2.24) is 5.43 Å². The molecule has 17 heavy (non-hydrogen) atoms. The van der Waals surface area contributed by atoms with Crippen molar-refractivity contribution < 1.29 is 4.74 Å². The van der Waals surface area contributed by atoms with Gasteiger partial charge in [0.15, 0.2) is 0 Å². The van der Waals surface area contributed by atoms with Crippen molar-refractivity contribution in [2.75, 3.05) is 6.61 Å². The number of nitrogens with one attached hydrogen (secondary N) is 1. The first kappa shape index (κ1) is 14.9. The van der Waals surface area contributed by atoms with Gasteiger partial charge in [0, 0.05) is 12.6 Å². The molecule has 0 spiro atoms. The number of nitrogens with two attached hydrogens (primary N) is 1. The zero-order chi connectivity index (χ0) is 12.5. The van der Waals surface area contributed by atoms with E-state index in [1.54, 1.807) is 0 Å². The lowest BCUT2D eigenvalue weighted by Crippen LogP contribution is -2.41. The predicted octanol–water partition coefficient (Wildman–Crippen LogP) is 2.99. The quantitative estimate of drug-likeness (QED) is 0.352. The average molecular weight is 242 g/mol. The summed E-state index contributed by atoms with van der Waals surface area (Å²) in [5.74, 6) is 6.46. The molecule has 1 aliphatic rings. The van der Waals surface area contributed by atoms with E-state index in [0.29, 0.717) is 12.1 Å². The van der Waals surface area contributed by atoms with Crippen molar-refractivity contribution in [3.63, 3.8) is 0 Å². The van der Waals surface area contributed by atoms with Gasteiger partial charge >= 0.3 is 0 Å². The topological polar surface area (TPSA) is 47.3 Å². The molecule has 0 saturated heterocycles. The zero-order valence-corrected chi connectivity index (χ0v) is 11.6. The molecular formula is C14H30N2O. The van der Waals surface area contributed by atoms with E-state index in [9.17, 15) is 0 Å². The van der Waals surface area contributed by atoms with E-state index in [-0.39, 0.29) is 0 Å². The van der Waals surface area contributed by atoms with Crippen LogP contribution in [0.4, 0.5) is 0 Å². The molecule has 1 rings (SSSR count). The normalized spacial score (nSPS) is 25.6. The van der Waals surface area contributed by atoms with Crippen LogP contribution in [0, 0.1) is 5.92 Å². The van der Waals surface area contributed by atoms with Gasteiger partial charge in [-0.15, -0.1) is 0 Å². The third kappa shape index (κ3) is 5.84. The van der Waals surface area contributed by atoms with Gasteiger partial charge in [-0.2, -0.15) is 0 Å². The fourth-order valence-corrected chi connectivity index (χ4v) is 2.73. The van der Waals surface area contributed by atoms with Crippen LogP contribution in [0.25, 0.3) is 0 Å². The summed E-state index contributed by atoms with van der Waals surface area (Å²) in [7, 11) is 0. The van der Waals surface area contributed by atoms with Crippen LogP contribution in [-0.2, 0) is 4.74 Å². The Labute approximate surface area is 106 Å². The summed E-state index contributed by atoms with van der Waals surface area (Å²) in [6, 6.07) is 0.513. The highest BCUT2D eigenvalue weighted by Crippen LogP contribution is 2.34. The van der Waals surface area contributed by atoms with Crippen molar-refractivity contribution in [3.05, 3.63) is 0 Å². The second-order valence-corrected chi connectivity index (χ2v) is 5.36. The Morgan fingerprint density at radius 1 is 1.24 bits per heavy atom. The summed E-state index contributed by atoms with van der Waals surface area (Å²) in [5.41, 5.74) is 2.98. The molecule has 3 N–H and O–H groups in total. The second kappa shape index (κ2) is 8.90. The first-order valence-electron chi connectivity index (χ1n) is 7.37. The van der Waals surface area contributed by atoms with Crippen molar-refractivity contribution in [1.29, 1.82) is 0 Å². The molecule has 0 radical (unpaired) electrons. The van der Waals surface area contributed by atoms with Crippen LogP contribution < -0.4 is 11.3 Å². The van der Waals surface area contributed by atoms with Crippen molar-refractivity contribution in [2.45, 2.75) is 77.4 Å². The molecule has 0 heterocycles. The summed E-state index contributed by atoms with van der Waals surface area (Å²) >= 11 is 0. The van der Waals surface area contributed by atoms with Crippen LogP contribution >= 0.6 is 0 Å². The van der Waals surface area contributed by atoms with Crippen molar-refractivity contribution in [2.24, 2.45) is 11.8 Å². The summed E-state index contributed by atoms with van der Waals surface area (Å²) in [6.45, 7) is 5.18. The van der Waals surface area contributed by atoms with Crippen molar-refractivity contribution in [3.8, 4) is 0 Å². The Kier molecular flexibility index (Phi) is 7.82. The maximum atomic E-state index is 5.63. The molecule has 0 aromatic rings. The van der Waals surface area contributed by atoms with Gasteiger partial charge in [-0.3, -0.25) is 11.3 Å². The highest BCUT2D eigenvalue weighted by Gasteiger charge is 2.30.